The largest absolute Gasteiger partial charge is 0.437 e. The maximum absolute atomic E-state index is 6.46. The van der Waals surface area contributed by atoms with Crippen molar-refractivity contribution in [3.63, 3.8) is 0 Å². The van der Waals surface area contributed by atoms with E-state index in [-0.39, 0.29) is 0 Å². The van der Waals surface area contributed by atoms with E-state index in [9.17, 15) is 0 Å². The SMILES string of the molecule is CCCCCC[N+]1(CCCCCC)C(=CC=Cc2nc3ccccc3o2)Oc2ccccc21. The van der Waals surface area contributed by atoms with E-state index in [0.29, 0.717) is 5.89 Å². The van der Waals surface area contributed by atoms with E-state index in [2.05, 4.69) is 49.2 Å². The Bertz CT molecular complexity index is 1050. The second-order valence-electron chi connectivity index (χ2n) is 8.99. The van der Waals surface area contributed by atoms with Crippen LogP contribution in [0.5, 0.6) is 5.75 Å². The Hall–Kier alpha value is -2.85. The molecule has 4 rings (SSSR count). The maximum atomic E-state index is 6.46. The average Bonchev–Trinajstić information content (AvgIpc) is 3.39. The molecule has 0 amide bonds. The Labute approximate surface area is 198 Å². The minimum atomic E-state index is 0.618. The molecular formula is C29H37N2O2+. The topological polar surface area (TPSA) is 35.3 Å². The Morgan fingerprint density at radius 2 is 1.52 bits per heavy atom. The van der Waals surface area contributed by atoms with Crippen molar-refractivity contribution >= 4 is 22.9 Å². The molecule has 0 aliphatic carbocycles. The highest BCUT2D eigenvalue weighted by Crippen LogP contribution is 2.45. The fourth-order valence-corrected chi connectivity index (χ4v) is 4.76. The van der Waals surface area contributed by atoms with Crippen molar-refractivity contribution in [2.75, 3.05) is 13.1 Å². The molecule has 0 spiro atoms. The summed E-state index contributed by atoms with van der Waals surface area (Å²) < 4.78 is 13.1. The van der Waals surface area contributed by atoms with Crippen LogP contribution in [0.3, 0.4) is 0 Å². The third kappa shape index (κ3) is 5.39. The molecule has 0 bridgehead atoms. The molecule has 4 nitrogen and oxygen atoms in total. The lowest BCUT2D eigenvalue weighted by Gasteiger charge is -2.32. The molecule has 0 atom stereocenters. The Morgan fingerprint density at radius 1 is 0.818 bits per heavy atom. The number of ether oxygens (including phenoxy) is 1. The van der Waals surface area contributed by atoms with Gasteiger partial charge in [-0.3, -0.25) is 0 Å². The highest BCUT2D eigenvalue weighted by molar-refractivity contribution is 5.73. The first-order chi connectivity index (χ1) is 16.3. The number of hydrogen-bond donors (Lipinski definition) is 0. The second-order valence-corrected chi connectivity index (χ2v) is 8.99. The summed E-state index contributed by atoms with van der Waals surface area (Å²) in [5, 5.41) is 0. The van der Waals surface area contributed by atoms with Gasteiger partial charge in [0, 0.05) is 18.2 Å². The lowest BCUT2D eigenvalue weighted by Crippen LogP contribution is -2.48. The lowest BCUT2D eigenvalue weighted by atomic mass is 10.1. The first kappa shape index (κ1) is 23.3. The van der Waals surface area contributed by atoms with Gasteiger partial charge in [0.25, 0.3) is 0 Å². The van der Waals surface area contributed by atoms with Crippen LogP contribution in [0, 0.1) is 0 Å². The quantitative estimate of drug-likeness (QED) is 0.208. The van der Waals surface area contributed by atoms with Crippen LogP contribution < -0.4 is 9.22 Å². The predicted molar refractivity (Wildman–Crippen MR) is 138 cm³/mol. The smallest absolute Gasteiger partial charge is 0.302 e. The van der Waals surface area contributed by atoms with Crippen molar-refractivity contribution in [1.29, 1.82) is 0 Å². The summed E-state index contributed by atoms with van der Waals surface area (Å²) in [7, 11) is 0. The summed E-state index contributed by atoms with van der Waals surface area (Å²) in [5.74, 6) is 2.62. The van der Waals surface area contributed by atoms with E-state index in [4.69, 9.17) is 9.15 Å². The normalized spacial score (nSPS) is 16.0. The molecule has 1 aliphatic rings. The third-order valence-corrected chi connectivity index (χ3v) is 6.54. The van der Waals surface area contributed by atoms with Gasteiger partial charge in [0.1, 0.15) is 5.52 Å². The summed E-state index contributed by atoms with van der Waals surface area (Å²) >= 11 is 0. The number of rotatable bonds is 12. The van der Waals surface area contributed by atoms with Crippen molar-refractivity contribution in [2.45, 2.75) is 65.2 Å². The van der Waals surface area contributed by atoms with Crippen molar-refractivity contribution < 1.29 is 9.15 Å². The predicted octanol–water partition coefficient (Wildman–Crippen LogP) is 8.24. The molecule has 33 heavy (non-hydrogen) atoms. The van der Waals surface area contributed by atoms with E-state index < -0.39 is 0 Å². The molecule has 0 saturated heterocycles. The average molecular weight is 446 g/mol. The Kier molecular flexibility index (Phi) is 8.01. The number of allylic oxidation sites excluding steroid dienone is 2. The first-order valence-electron chi connectivity index (χ1n) is 12.7. The number of unbranched alkanes of at least 4 members (excludes halogenated alkanes) is 6. The fourth-order valence-electron chi connectivity index (χ4n) is 4.76. The van der Waals surface area contributed by atoms with Gasteiger partial charge in [-0.25, -0.2) is 9.47 Å². The summed E-state index contributed by atoms with van der Waals surface area (Å²) in [6.45, 7) is 6.69. The van der Waals surface area contributed by atoms with Crippen LogP contribution >= 0.6 is 0 Å². The van der Waals surface area contributed by atoms with Crippen LogP contribution in [0.1, 0.15) is 71.1 Å². The highest BCUT2D eigenvalue weighted by atomic mass is 16.5. The molecule has 0 fully saturated rings. The molecule has 4 heteroatoms. The number of fused-ring (bicyclic) bond motifs is 2. The summed E-state index contributed by atoms with van der Waals surface area (Å²) in [5.41, 5.74) is 2.99. The Balaban J connectivity index is 1.62. The molecule has 0 N–H and O–H groups in total. The van der Waals surface area contributed by atoms with Crippen molar-refractivity contribution in [3.05, 3.63) is 72.5 Å². The number of hydrogen-bond acceptors (Lipinski definition) is 3. The van der Waals surface area contributed by atoms with Gasteiger partial charge in [0.05, 0.1) is 13.1 Å². The zero-order valence-electron chi connectivity index (χ0n) is 20.1. The van der Waals surface area contributed by atoms with E-state index in [0.717, 1.165) is 40.3 Å². The molecule has 2 heterocycles. The minimum absolute atomic E-state index is 0.618. The number of benzene rings is 2. The van der Waals surface area contributed by atoms with Crippen LogP contribution in [0.25, 0.3) is 17.2 Å². The zero-order chi connectivity index (χ0) is 22.9. The van der Waals surface area contributed by atoms with Gasteiger partial charge >= 0.3 is 5.88 Å². The lowest BCUT2D eigenvalue weighted by molar-refractivity contribution is 0.250. The van der Waals surface area contributed by atoms with E-state index in [1.54, 1.807) is 0 Å². The van der Waals surface area contributed by atoms with Crippen LogP contribution in [0.4, 0.5) is 5.69 Å². The van der Waals surface area contributed by atoms with Crippen molar-refractivity contribution in [2.24, 2.45) is 0 Å². The first-order valence-corrected chi connectivity index (χ1v) is 12.7. The molecule has 1 aliphatic heterocycles. The van der Waals surface area contributed by atoms with Crippen molar-refractivity contribution in [3.8, 4) is 5.75 Å². The van der Waals surface area contributed by atoms with Gasteiger partial charge in [-0.2, -0.15) is 0 Å². The summed E-state index contributed by atoms with van der Waals surface area (Å²) in [6.07, 6.45) is 16.1. The van der Waals surface area contributed by atoms with Crippen molar-refractivity contribution in [1.82, 2.24) is 9.47 Å². The van der Waals surface area contributed by atoms with Gasteiger partial charge < -0.3 is 9.15 Å². The van der Waals surface area contributed by atoms with Gasteiger partial charge in [0.2, 0.25) is 5.89 Å². The third-order valence-electron chi connectivity index (χ3n) is 6.54. The van der Waals surface area contributed by atoms with Gasteiger partial charge in [0.15, 0.2) is 17.0 Å². The molecular weight excluding hydrogens is 408 g/mol. The van der Waals surface area contributed by atoms with E-state index in [1.165, 1.54) is 57.1 Å². The molecule has 1 aromatic heterocycles. The fraction of sp³-hybridized carbons (Fsp3) is 0.414. The number of oxazole rings is 1. The van der Waals surface area contributed by atoms with Crippen LogP contribution in [0.2, 0.25) is 0 Å². The molecule has 3 aromatic rings. The minimum Gasteiger partial charge on any atom is -0.437 e. The van der Waals surface area contributed by atoms with Crippen LogP contribution in [-0.4, -0.2) is 18.1 Å². The maximum Gasteiger partial charge on any atom is 0.302 e. The van der Waals surface area contributed by atoms with Crippen LogP contribution in [0.15, 0.2) is 71.0 Å². The number of quaternary nitrogens is 1. The molecule has 0 radical (unpaired) electrons. The molecule has 2 aromatic carbocycles. The highest BCUT2D eigenvalue weighted by Gasteiger charge is 2.44. The second kappa shape index (κ2) is 11.3. The Morgan fingerprint density at radius 3 is 2.24 bits per heavy atom. The summed E-state index contributed by atoms with van der Waals surface area (Å²) in [6, 6.07) is 16.4. The standard InChI is InChI=1S/C29H37N2O2/c1-3-5-7-13-22-31(23-14-8-6-4-2)25-17-10-12-19-27(25)33-29(31)21-15-20-28-30-24-16-9-11-18-26(24)32-28/h9-12,15-21H,3-8,13-14,22-23H2,1-2H3/q+1. The summed E-state index contributed by atoms with van der Waals surface area (Å²) in [4.78, 5) is 4.56. The number of para-hydroxylation sites is 4. The van der Waals surface area contributed by atoms with E-state index >= 15 is 0 Å². The number of aromatic nitrogens is 1. The van der Waals surface area contributed by atoms with E-state index in [1.807, 2.05) is 36.4 Å². The molecule has 0 unspecified atom stereocenters. The van der Waals surface area contributed by atoms with Gasteiger partial charge in [-0.15, -0.1) is 0 Å². The zero-order valence-corrected chi connectivity index (χ0v) is 20.1. The van der Waals surface area contributed by atoms with Gasteiger partial charge in [-0.05, 0) is 50.0 Å². The van der Waals surface area contributed by atoms with Gasteiger partial charge in [-0.1, -0.05) is 63.8 Å². The monoisotopic (exact) mass is 445 g/mol. The molecule has 0 saturated carbocycles. The molecule has 174 valence electrons. The van der Waals surface area contributed by atoms with Crippen LogP contribution in [-0.2, 0) is 0 Å². The number of nitrogens with zero attached hydrogens (tertiary/aromatic N) is 2.